The molecule has 0 amide bonds. The molecule has 6 nitrogen and oxygen atoms in total. The lowest BCUT2D eigenvalue weighted by Gasteiger charge is -2.34. The Kier molecular flexibility index (Phi) is 9.59. The van der Waals surface area contributed by atoms with Gasteiger partial charge in [0.15, 0.2) is 5.96 Å². The van der Waals surface area contributed by atoms with Crippen LogP contribution in [0.4, 0.5) is 4.39 Å². The summed E-state index contributed by atoms with van der Waals surface area (Å²) in [4.78, 5) is 10.9. The van der Waals surface area contributed by atoms with Crippen molar-refractivity contribution < 1.29 is 13.9 Å². The molecule has 1 N–H and O–H groups in total. The molecule has 1 aromatic heterocycles. The van der Waals surface area contributed by atoms with E-state index >= 15 is 0 Å². The maximum atomic E-state index is 13.4. The summed E-state index contributed by atoms with van der Waals surface area (Å²) in [5, 5.41) is 3.38. The second-order valence-corrected chi connectivity index (χ2v) is 6.57. The number of aromatic nitrogens is 1. The van der Waals surface area contributed by atoms with Crippen molar-refractivity contribution in [3.63, 3.8) is 0 Å². The second-order valence-electron chi connectivity index (χ2n) is 6.57. The summed E-state index contributed by atoms with van der Waals surface area (Å²) in [5.41, 5.74) is 0.872. The summed E-state index contributed by atoms with van der Waals surface area (Å²) >= 11 is 0. The fourth-order valence-corrected chi connectivity index (χ4v) is 3.27. The van der Waals surface area contributed by atoms with Crippen LogP contribution in [0.2, 0.25) is 0 Å². The molecule has 0 aliphatic carbocycles. The van der Waals surface area contributed by atoms with Crippen molar-refractivity contribution in [3.8, 4) is 11.6 Å². The van der Waals surface area contributed by atoms with Crippen LogP contribution in [0.3, 0.4) is 0 Å². The van der Waals surface area contributed by atoms with Crippen LogP contribution in [0, 0.1) is 5.82 Å². The van der Waals surface area contributed by atoms with E-state index in [9.17, 15) is 4.39 Å². The summed E-state index contributed by atoms with van der Waals surface area (Å²) < 4.78 is 24.9. The number of piperidine rings is 1. The SMILES string of the molecule is CCOC1CCN(C(=NC)NCc2cccnc2Oc2cccc(F)c2)CC1.I. The smallest absolute Gasteiger partial charge is 0.224 e. The highest BCUT2D eigenvalue weighted by molar-refractivity contribution is 14.0. The highest BCUT2D eigenvalue weighted by Crippen LogP contribution is 2.23. The van der Waals surface area contributed by atoms with Crippen LogP contribution in [-0.2, 0) is 11.3 Å². The number of rotatable bonds is 6. The monoisotopic (exact) mass is 514 g/mol. The van der Waals surface area contributed by atoms with Gasteiger partial charge in [-0.05, 0) is 38.0 Å². The predicted molar refractivity (Wildman–Crippen MR) is 123 cm³/mol. The molecule has 0 spiro atoms. The lowest BCUT2D eigenvalue weighted by atomic mass is 10.1. The van der Waals surface area contributed by atoms with Crippen molar-refractivity contribution in [2.75, 3.05) is 26.7 Å². The number of benzene rings is 1. The topological polar surface area (TPSA) is 59.0 Å². The van der Waals surface area contributed by atoms with Crippen LogP contribution in [0.5, 0.6) is 11.6 Å². The van der Waals surface area contributed by atoms with E-state index in [0.717, 1.165) is 44.1 Å². The van der Waals surface area contributed by atoms with Crippen LogP contribution in [0.25, 0.3) is 0 Å². The number of pyridine rings is 1. The Hall–Kier alpha value is -1.94. The van der Waals surface area contributed by atoms with Gasteiger partial charge in [-0.3, -0.25) is 4.99 Å². The van der Waals surface area contributed by atoms with E-state index in [2.05, 4.69) is 20.2 Å². The minimum absolute atomic E-state index is 0. The second kappa shape index (κ2) is 11.9. The number of nitrogens with zero attached hydrogens (tertiary/aromatic N) is 3. The lowest BCUT2D eigenvalue weighted by Crippen LogP contribution is -2.46. The fourth-order valence-electron chi connectivity index (χ4n) is 3.27. The predicted octanol–water partition coefficient (Wildman–Crippen LogP) is 4.21. The molecule has 1 saturated heterocycles. The quantitative estimate of drug-likeness (QED) is 0.356. The van der Waals surface area contributed by atoms with Gasteiger partial charge < -0.3 is 19.7 Å². The van der Waals surface area contributed by atoms with Gasteiger partial charge in [0.2, 0.25) is 5.88 Å². The zero-order chi connectivity index (χ0) is 19.8. The molecule has 1 aliphatic heterocycles. The first kappa shape index (κ1) is 23.3. The van der Waals surface area contributed by atoms with Crippen molar-refractivity contribution in [3.05, 3.63) is 54.0 Å². The van der Waals surface area contributed by atoms with E-state index in [1.165, 1.54) is 12.1 Å². The molecule has 1 aromatic carbocycles. The largest absolute Gasteiger partial charge is 0.439 e. The summed E-state index contributed by atoms with van der Waals surface area (Å²) in [6.07, 6.45) is 3.99. The van der Waals surface area contributed by atoms with Crippen LogP contribution in [0.15, 0.2) is 47.6 Å². The number of ether oxygens (including phenoxy) is 2. The average molecular weight is 514 g/mol. The first-order valence-corrected chi connectivity index (χ1v) is 9.64. The Morgan fingerprint density at radius 3 is 2.76 bits per heavy atom. The van der Waals surface area contributed by atoms with Crippen molar-refractivity contribution >= 4 is 29.9 Å². The van der Waals surface area contributed by atoms with Gasteiger partial charge in [-0.1, -0.05) is 12.1 Å². The van der Waals surface area contributed by atoms with Gasteiger partial charge in [0.1, 0.15) is 11.6 Å². The molecular formula is C21H28FIN4O2. The molecule has 3 rings (SSSR count). The lowest BCUT2D eigenvalue weighted by molar-refractivity contribution is 0.0263. The standard InChI is InChI=1S/C21H27FN4O2.HI/c1-3-27-18-9-12-26(13-10-18)21(23-2)25-15-16-6-5-11-24-20(16)28-19-8-4-7-17(22)14-19;/h4-8,11,14,18H,3,9-10,12-13,15H2,1-2H3,(H,23,25);1H. The van der Waals surface area contributed by atoms with Crippen molar-refractivity contribution in [2.24, 2.45) is 4.99 Å². The number of guanidine groups is 1. The Morgan fingerprint density at radius 1 is 1.28 bits per heavy atom. The van der Waals surface area contributed by atoms with Gasteiger partial charge in [-0.25, -0.2) is 9.37 Å². The molecule has 0 radical (unpaired) electrons. The van der Waals surface area contributed by atoms with Gasteiger partial charge in [-0.15, -0.1) is 24.0 Å². The highest BCUT2D eigenvalue weighted by atomic mass is 127. The van der Waals surface area contributed by atoms with E-state index in [0.29, 0.717) is 24.3 Å². The van der Waals surface area contributed by atoms with Crippen molar-refractivity contribution in [1.29, 1.82) is 0 Å². The highest BCUT2D eigenvalue weighted by Gasteiger charge is 2.21. The van der Waals surface area contributed by atoms with E-state index < -0.39 is 0 Å². The van der Waals surface area contributed by atoms with E-state index in [4.69, 9.17) is 9.47 Å². The molecule has 0 saturated carbocycles. The normalized spacial score (nSPS) is 15.0. The Balaban J connectivity index is 0.00000300. The number of likely N-dealkylation sites (tertiary alicyclic amines) is 1. The molecule has 0 atom stereocenters. The molecule has 0 bridgehead atoms. The van der Waals surface area contributed by atoms with Gasteiger partial charge in [0.25, 0.3) is 0 Å². The van der Waals surface area contributed by atoms with Crippen molar-refractivity contribution in [2.45, 2.75) is 32.4 Å². The molecule has 2 heterocycles. The van der Waals surface area contributed by atoms with Gasteiger partial charge >= 0.3 is 0 Å². The molecule has 0 unspecified atom stereocenters. The number of hydrogen-bond acceptors (Lipinski definition) is 4. The van der Waals surface area contributed by atoms with Crippen LogP contribution in [0.1, 0.15) is 25.3 Å². The van der Waals surface area contributed by atoms with E-state index in [1.807, 2.05) is 19.1 Å². The minimum atomic E-state index is -0.344. The first-order valence-electron chi connectivity index (χ1n) is 9.64. The third-order valence-electron chi connectivity index (χ3n) is 4.65. The molecule has 2 aromatic rings. The number of halogens is 2. The molecule has 8 heteroatoms. The molecule has 1 fully saturated rings. The minimum Gasteiger partial charge on any atom is -0.439 e. The number of nitrogens with one attached hydrogen (secondary N) is 1. The zero-order valence-corrected chi connectivity index (χ0v) is 19.1. The maximum absolute atomic E-state index is 13.4. The molecule has 158 valence electrons. The van der Waals surface area contributed by atoms with Gasteiger partial charge in [-0.2, -0.15) is 0 Å². The van der Waals surface area contributed by atoms with Crippen LogP contribution < -0.4 is 10.1 Å². The number of hydrogen-bond donors (Lipinski definition) is 1. The van der Waals surface area contributed by atoms with E-state index in [1.54, 1.807) is 25.4 Å². The summed E-state index contributed by atoms with van der Waals surface area (Å²) in [7, 11) is 1.78. The molecular weight excluding hydrogens is 486 g/mol. The summed E-state index contributed by atoms with van der Waals surface area (Å²) in [5.74, 6) is 1.37. The summed E-state index contributed by atoms with van der Waals surface area (Å²) in [6, 6.07) is 9.82. The van der Waals surface area contributed by atoms with Crippen molar-refractivity contribution in [1.82, 2.24) is 15.2 Å². The maximum Gasteiger partial charge on any atom is 0.224 e. The first-order chi connectivity index (χ1) is 13.7. The fraction of sp³-hybridized carbons (Fsp3) is 0.429. The summed E-state index contributed by atoms with van der Waals surface area (Å²) in [6.45, 7) is 5.11. The Bertz CT molecular complexity index is 798. The van der Waals surface area contributed by atoms with Crippen LogP contribution >= 0.6 is 24.0 Å². The van der Waals surface area contributed by atoms with Crippen LogP contribution in [-0.4, -0.2) is 48.7 Å². The average Bonchev–Trinajstić information content (AvgIpc) is 2.71. The third-order valence-corrected chi connectivity index (χ3v) is 4.65. The third kappa shape index (κ3) is 6.81. The Morgan fingerprint density at radius 2 is 2.07 bits per heavy atom. The number of aliphatic imine (C=N–C) groups is 1. The van der Waals surface area contributed by atoms with Gasteiger partial charge in [0.05, 0.1) is 6.10 Å². The van der Waals surface area contributed by atoms with E-state index in [-0.39, 0.29) is 29.8 Å². The van der Waals surface area contributed by atoms with Gasteiger partial charge in [0, 0.05) is 51.1 Å². The zero-order valence-electron chi connectivity index (χ0n) is 16.8. The molecule has 29 heavy (non-hydrogen) atoms. The Labute approximate surface area is 188 Å². The molecule has 1 aliphatic rings.